The van der Waals surface area contributed by atoms with Crippen LogP contribution in [0.2, 0.25) is 0 Å². The number of rotatable bonds is 2. The molecule has 0 aromatic heterocycles. The first-order valence-corrected chi connectivity index (χ1v) is 6.39. The van der Waals surface area contributed by atoms with Crippen LogP contribution in [0.4, 0.5) is 0 Å². The van der Waals surface area contributed by atoms with Crippen LogP contribution in [0.5, 0.6) is 0 Å². The highest BCUT2D eigenvalue weighted by atomic mass is 16.2. The van der Waals surface area contributed by atoms with Crippen molar-refractivity contribution in [2.75, 3.05) is 19.6 Å². The number of amides is 1. The molecule has 0 bridgehead atoms. The summed E-state index contributed by atoms with van der Waals surface area (Å²) in [7, 11) is 0. The van der Waals surface area contributed by atoms with Crippen LogP contribution in [0, 0.1) is 0 Å². The average Bonchev–Trinajstić information content (AvgIpc) is 2.72. The highest BCUT2D eigenvalue weighted by Gasteiger charge is 2.35. The van der Waals surface area contributed by atoms with Crippen molar-refractivity contribution in [3.05, 3.63) is 35.9 Å². The predicted molar refractivity (Wildman–Crippen MR) is 66.5 cm³/mol. The molecule has 1 amide bonds. The largest absolute Gasteiger partial charge is 0.337 e. The zero-order chi connectivity index (χ0) is 11.7. The second-order valence-corrected chi connectivity index (χ2v) is 5.00. The first-order valence-electron chi connectivity index (χ1n) is 6.39. The van der Waals surface area contributed by atoms with Gasteiger partial charge in [-0.05, 0) is 12.0 Å². The van der Waals surface area contributed by atoms with Crippen LogP contribution in [0.3, 0.4) is 0 Å². The number of hydrogen-bond donors (Lipinski definition) is 0. The molecule has 17 heavy (non-hydrogen) atoms. The van der Waals surface area contributed by atoms with Crippen molar-refractivity contribution in [3.8, 4) is 0 Å². The Morgan fingerprint density at radius 1 is 1.18 bits per heavy atom. The Balaban J connectivity index is 1.62. The molecular weight excluding hydrogens is 212 g/mol. The van der Waals surface area contributed by atoms with Gasteiger partial charge >= 0.3 is 0 Å². The van der Waals surface area contributed by atoms with Gasteiger partial charge in [-0.3, -0.25) is 9.69 Å². The van der Waals surface area contributed by atoms with Gasteiger partial charge in [-0.2, -0.15) is 0 Å². The quantitative estimate of drug-likeness (QED) is 0.768. The van der Waals surface area contributed by atoms with Crippen LogP contribution < -0.4 is 0 Å². The third-order valence-corrected chi connectivity index (χ3v) is 3.83. The molecule has 90 valence electrons. The highest BCUT2D eigenvalue weighted by Crippen LogP contribution is 2.23. The zero-order valence-electron chi connectivity index (χ0n) is 10.0. The molecule has 2 aliphatic heterocycles. The third kappa shape index (κ3) is 2.20. The zero-order valence-corrected chi connectivity index (χ0v) is 10.0. The van der Waals surface area contributed by atoms with E-state index in [9.17, 15) is 4.79 Å². The van der Waals surface area contributed by atoms with Crippen LogP contribution in [-0.4, -0.2) is 41.4 Å². The standard InChI is InChI=1S/C14H18N2O/c17-14-7-6-13-11-15(8-9-16(13)14)10-12-4-2-1-3-5-12/h1-5,13H,6-11H2/t13-/m0/s1. The Labute approximate surface area is 102 Å². The Morgan fingerprint density at radius 3 is 2.82 bits per heavy atom. The van der Waals surface area contributed by atoms with Gasteiger partial charge in [-0.15, -0.1) is 0 Å². The van der Waals surface area contributed by atoms with E-state index >= 15 is 0 Å². The molecule has 0 spiro atoms. The monoisotopic (exact) mass is 230 g/mol. The van der Waals surface area contributed by atoms with Gasteiger partial charge in [0.15, 0.2) is 0 Å². The van der Waals surface area contributed by atoms with Gasteiger partial charge in [-0.1, -0.05) is 30.3 Å². The Hall–Kier alpha value is -1.35. The molecule has 0 N–H and O–H groups in total. The van der Waals surface area contributed by atoms with Crippen LogP contribution in [0.1, 0.15) is 18.4 Å². The van der Waals surface area contributed by atoms with E-state index in [1.54, 1.807) is 0 Å². The van der Waals surface area contributed by atoms with Gasteiger partial charge in [0.1, 0.15) is 0 Å². The molecule has 0 saturated carbocycles. The minimum Gasteiger partial charge on any atom is -0.337 e. The first kappa shape index (κ1) is 10.8. The average molecular weight is 230 g/mol. The highest BCUT2D eigenvalue weighted by molar-refractivity contribution is 5.78. The molecular formula is C14H18N2O. The van der Waals surface area contributed by atoms with E-state index in [1.165, 1.54) is 5.56 Å². The number of benzene rings is 1. The number of hydrogen-bond acceptors (Lipinski definition) is 2. The maximum absolute atomic E-state index is 11.6. The lowest BCUT2D eigenvalue weighted by Crippen LogP contribution is -2.50. The summed E-state index contributed by atoms with van der Waals surface area (Å²) < 4.78 is 0. The van der Waals surface area contributed by atoms with E-state index < -0.39 is 0 Å². The van der Waals surface area contributed by atoms with Crippen molar-refractivity contribution in [3.63, 3.8) is 0 Å². The van der Waals surface area contributed by atoms with Crippen molar-refractivity contribution in [2.45, 2.75) is 25.4 Å². The molecule has 2 fully saturated rings. The smallest absolute Gasteiger partial charge is 0.222 e. The summed E-state index contributed by atoms with van der Waals surface area (Å²) in [5.74, 6) is 0.356. The van der Waals surface area contributed by atoms with Gasteiger partial charge in [0.2, 0.25) is 5.91 Å². The summed E-state index contributed by atoms with van der Waals surface area (Å²) in [5.41, 5.74) is 1.37. The van der Waals surface area contributed by atoms with Crippen LogP contribution >= 0.6 is 0 Å². The Kier molecular flexibility index (Phi) is 2.85. The van der Waals surface area contributed by atoms with Gasteiger partial charge in [0.05, 0.1) is 0 Å². The van der Waals surface area contributed by atoms with Crippen molar-refractivity contribution in [1.29, 1.82) is 0 Å². The Morgan fingerprint density at radius 2 is 2.00 bits per heavy atom. The summed E-state index contributed by atoms with van der Waals surface area (Å²) in [6.45, 7) is 3.98. The second kappa shape index (κ2) is 4.49. The van der Waals surface area contributed by atoms with E-state index in [-0.39, 0.29) is 0 Å². The molecule has 3 heteroatoms. The van der Waals surface area contributed by atoms with Crippen LogP contribution in [0.25, 0.3) is 0 Å². The van der Waals surface area contributed by atoms with E-state index in [4.69, 9.17) is 0 Å². The normalized spacial score (nSPS) is 25.1. The fourth-order valence-corrected chi connectivity index (χ4v) is 2.91. The van der Waals surface area contributed by atoms with Gasteiger partial charge < -0.3 is 4.90 Å². The first-order chi connectivity index (χ1) is 8.33. The number of piperazine rings is 1. The summed E-state index contributed by atoms with van der Waals surface area (Å²) in [5, 5.41) is 0. The molecule has 3 nitrogen and oxygen atoms in total. The molecule has 2 aliphatic rings. The lowest BCUT2D eigenvalue weighted by atomic mass is 10.1. The number of carbonyl (C=O) groups excluding carboxylic acids is 1. The SMILES string of the molecule is O=C1CC[C@H]2CN(Cc3ccccc3)CCN12. The topological polar surface area (TPSA) is 23.6 Å². The molecule has 0 radical (unpaired) electrons. The molecule has 0 aliphatic carbocycles. The molecule has 3 rings (SSSR count). The fourth-order valence-electron chi connectivity index (χ4n) is 2.91. The van der Waals surface area contributed by atoms with Crippen LogP contribution in [0.15, 0.2) is 30.3 Å². The lowest BCUT2D eigenvalue weighted by molar-refractivity contribution is -0.130. The van der Waals surface area contributed by atoms with Crippen molar-refractivity contribution in [1.82, 2.24) is 9.80 Å². The third-order valence-electron chi connectivity index (χ3n) is 3.83. The number of fused-ring (bicyclic) bond motifs is 1. The second-order valence-electron chi connectivity index (χ2n) is 5.00. The summed E-state index contributed by atoms with van der Waals surface area (Å²) in [4.78, 5) is 16.1. The molecule has 1 aromatic carbocycles. The van der Waals surface area contributed by atoms with Gasteiger partial charge in [0.25, 0.3) is 0 Å². The maximum Gasteiger partial charge on any atom is 0.222 e. The van der Waals surface area contributed by atoms with E-state index in [2.05, 4.69) is 40.1 Å². The Bertz CT molecular complexity index is 404. The van der Waals surface area contributed by atoms with E-state index in [0.717, 1.165) is 39.0 Å². The summed E-state index contributed by atoms with van der Waals surface area (Å²) in [6, 6.07) is 11.0. The van der Waals surface area contributed by atoms with Crippen molar-refractivity contribution in [2.24, 2.45) is 0 Å². The number of nitrogens with zero attached hydrogens (tertiary/aromatic N) is 2. The van der Waals surface area contributed by atoms with Crippen molar-refractivity contribution >= 4 is 5.91 Å². The molecule has 1 aromatic rings. The predicted octanol–water partition coefficient (Wildman–Crippen LogP) is 1.49. The molecule has 0 unspecified atom stereocenters. The molecule has 1 atom stereocenters. The number of carbonyl (C=O) groups is 1. The fraction of sp³-hybridized carbons (Fsp3) is 0.500. The van der Waals surface area contributed by atoms with Gasteiger partial charge in [-0.25, -0.2) is 0 Å². The maximum atomic E-state index is 11.6. The summed E-state index contributed by atoms with van der Waals surface area (Å²) in [6.07, 6.45) is 1.80. The molecule has 2 saturated heterocycles. The lowest BCUT2D eigenvalue weighted by Gasteiger charge is -2.37. The van der Waals surface area contributed by atoms with Crippen LogP contribution in [-0.2, 0) is 11.3 Å². The van der Waals surface area contributed by atoms with E-state index in [1.807, 2.05) is 0 Å². The minimum atomic E-state index is 0.356. The summed E-state index contributed by atoms with van der Waals surface area (Å²) >= 11 is 0. The van der Waals surface area contributed by atoms with Crippen molar-refractivity contribution < 1.29 is 4.79 Å². The minimum absolute atomic E-state index is 0.356. The molecule has 2 heterocycles. The van der Waals surface area contributed by atoms with E-state index in [0.29, 0.717) is 11.9 Å². The van der Waals surface area contributed by atoms with Gasteiger partial charge in [0, 0.05) is 38.6 Å².